The van der Waals surface area contributed by atoms with E-state index in [9.17, 15) is 9.59 Å². The first-order chi connectivity index (χ1) is 9.54. The number of unbranched alkanes of at least 4 members (excludes halogenated alkanes) is 1. The van der Waals surface area contributed by atoms with Gasteiger partial charge in [-0.2, -0.15) is 0 Å². The lowest BCUT2D eigenvalue weighted by atomic mass is 10.2. The van der Waals surface area contributed by atoms with E-state index in [1.165, 1.54) is 11.0 Å². The highest BCUT2D eigenvalue weighted by Gasteiger charge is 2.39. The molecule has 1 aliphatic heterocycles. The number of hydrogen-bond donors (Lipinski definition) is 1. The van der Waals surface area contributed by atoms with E-state index in [-0.39, 0.29) is 18.2 Å². The molecule has 0 spiro atoms. The maximum atomic E-state index is 12.3. The number of benzene rings is 1. The lowest BCUT2D eigenvalue weighted by Gasteiger charge is -2.16. The molecule has 0 aromatic heterocycles. The van der Waals surface area contributed by atoms with E-state index < -0.39 is 6.04 Å². The predicted octanol–water partition coefficient (Wildman–Crippen LogP) is 3.02. The zero-order chi connectivity index (χ0) is 14.7. The number of anilines is 1. The van der Waals surface area contributed by atoms with Crippen LogP contribution in [0.1, 0.15) is 26.2 Å². The second-order valence-corrected chi connectivity index (χ2v) is 5.54. The fourth-order valence-corrected chi connectivity index (χ4v) is 2.43. The lowest BCUT2D eigenvalue weighted by molar-refractivity contribution is -0.121. The van der Waals surface area contributed by atoms with Crippen LogP contribution in [0.4, 0.5) is 5.69 Å². The summed E-state index contributed by atoms with van der Waals surface area (Å²) in [7, 11) is 0. The lowest BCUT2D eigenvalue weighted by Crippen LogP contribution is -2.39. The van der Waals surface area contributed by atoms with Crippen LogP contribution in [-0.4, -0.2) is 24.4 Å². The van der Waals surface area contributed by atoms with E-state index >= 15 is 0 Å². The minimum absolute atomic E-state index is 0.183. The zero-order valence-corrected chi connectivity index (χ0v) is 12.7. The molecule has 1 heterocycles. The van der Waals surface area contributed by atoms with Crippen molar-refractivity contribution in [2.24, 2.45) is 0 Å². The Morgan fingerprint density at radius 2 is 2.05 bits per heavy atom. The summed E-state index contributed by atoms with van der Waals surface area (Å²) in [6, 6.07) is 4.30. The largest absolute Gasteiger partial charge is 0.305 e. The topological polar surface area (TPSA) is 49.4 Å². The quantitative estimate of drug-likeness (QED) is 0.671. The number of hydrogen-bond acceptors (Lipinski definition) is 3. The van der Waals surface area contributed by atoms with Crippen LogP contribution in [0.15, 0.2) is 18.2 Å². The third kappa shape index (κ3) is 3.14. The second kappa shape index (κ2) is 6.57. The molecule has 1 saturated heterocycles. The van der Waals surface area contributed by atoms with Gasteiger partial charge < -0.3 is 5.32 Å². The van der Waals surface area contributed by atoms with Gasteiger partial charge in [-0.05, 0) is 31.2 Å². The van der Waals surface area contributed by atoms with Gasteiger partial charge >= 0.3 is 0 Å². The van der Waals surface area contributed by atoms with Crippen molar-refractivity contribution in [3.63, 3.8) is 0 Å². The third-order valence-electron chi connectivity index (χ3n) is 3.23. The van der Waals surface area contributed by atoms with Gasteiger partial charge in [-0.25, -0.2) is 4.90 Å². The number of nitrogens with one attached hydrogen (secondary N) is 1. The van der Waals surface area contributed by atoms with Gasteiger partial charge in [-0.1, -0.05) is 36.5 Å². The Morgan fingerprint density at radius 1 is 1.30 bits per heavy atom. The molecule has 6 heteroatoms. The number of imide groups is 1. The minimum atomic E-state index is -0.441. The number of rotatable bonds is 5. The maximum Gasteiger partial charge on any atom is 0.251 e. The summed E-state index contributed by atoms with van der Waals surface area (Å²) in [6.07, 6.45) is 2.20. The van der Waals surface area contributed by atoms with Crippen LogP contribution in [0, 0.1) is 0 Å². The van der Waals surface area contributed by atoms with Crippen molar-refractivity contribution >= 4 is 40.7 Å². The smallest absolute Gasteiger partial charge is 0.251 e. The number of halogens is 2. The standard InChI is InChI=1S/C14H16Cl2N2O2/c1-2-3-6-17-12-8-13(19)18(14(12)20)9-4-5-10(15)11(16)7-9/h4-5,7,12,17H,2-3,6,8H2,1H3/t12-/m1/s1. The maximum absolute atomic E-state index is 12.3. The number of amides is 2. The molecule has 0 radical (unpaired) electrons. The fraction of sp³-hybridized carbons (Fsp3) is 0.429. The summed E-state index contributed by atoms with van der Waals surface area (Å²) in [5.74, 6) is -0.452. The first kappa shape index (κ1) is 15.3. The summed E-state index contributed by atoms with van der Waals surface area (Å²) in [5.41, 5.74) is 0.467. The summed E-state index contributed by atoms with van der Waals surface area (Å²) in [6.45, 7) is 2.81. The highest BCUT2D eigenvalue weighted by atomic mass is 35.5. The summed E-state index contributed by atoms with van der Waals surface area (Å²) >= 11 is 11.8. The average molecular weight is 315 g/mol. The van der Waals surface area contributed by atoms with E-state index in [0.717, 1.165) is 19.4 Å². The van der Waals surface area contributed by atoms with E-state index in [1.807, 2.05) is 0 Å². The van der Waals surface area contributed by atoms with Crippen molar-refractivity contribution in [1.29, 1.82) is 0 Å². The molecule has 2 rings (SSSR count). The molecule has 0 bridgehead atoms. The van der Waals surface area contributed by atoms with E-state index in [2.05, 4.69) is 12.2 Å². The van der Waals surface area contributed by atoms with Crippen molar-refractivity contribution in [3.8, 4) is 0 Å². The number of nitrogens with zero attached hydrogens (tertiary/aromatic N) is 1. The van der Waals surface area contributed by atoms with Gasteiger partial charge in [-0.3, -0.25) is 9.59 Å². The molecule has 1 aliphatic rings. The average Bonchev–Trinajstić information content (AvgIpc) is 2.69. The molecule has 0 aliphatic carbocycles. The van der Waals surface area contributed by atoms with Crippen molar-refractivity contribution in [2.75, 3.05) is 11.4 Å². The first-order valence-electron chi connectivity index (χ1n) is 6.59. The highest BCUT2D eigenvalue weighted by Crippen LogP contribution is 2.30. The van der Waals surface area contributed by atoms with E-state index in [4.69, 9.17) is 23.2 Å². The second-order valence-electron chi connectivity index (χ2n) is 4.73. The predicted molar refractivity (Wildman–Crippen MR) is 80.3 cm³/mol. The molecule has 1 aromatic carbocycles. The minimum Gasteiger partial charge on any atom is -0.305 e. The van der Waals surface area contributed by atoms with Gasteiger partial charge in [0.15, 0.2) is 0 Å². The molecule has 2 amide bonds. The van der Waals surface area contributed by atoms with Crippen LogP contribution < -0.4 is 10.2 Å². The van der Waals surface area contributed by atoms with Crippen LogP contribution in [0.2, 0.25) is 10.0 Å². The summed E-state index contributed by atoms with van der Waals surface area (Å²) in [4.78, 5) is 25.5. The molecule has 1 atom stereocenters. The van der Waals surface area contributed by atoms with Gasteiger partial charge in [0, 0.05) is 0 Å². The van der Waals surface area contributed by atoms with Crippen LogP contribution in [-0.2, 0) is 9.59 Å². The first-order valence-corrected chi connectivity index (χ1v) is 7.35. The SMILES string of the molecule is CCCCN[C@@H]1CC(=O)N(c2ccc(Cl)c(Cl)c2)C1=O. The van der Waals surface area contributed by atoms with Crippen molar-refractivity contribution < 1.29 is 9.59 Å². The molecule has 4 nitrogen and oxygen atoms in total. The summed E-state index contributed by atoms with van der Waals surface area (Å²) in [5, 5.41) is 3.84. The Kier molecular flexibility index (Phi) is 5.02. The third-order valence-corrected chi connectivity index (χ3v) is 3.97. The fourth-order valence-electron chi connectivity index (χ4n) is 2.14. The molecule has 1 N–H and O–H groups in total. The Morgan fingerprint density at radius 3 is 2.70 bits per heavy atom. The van der Waals surface area contributed by atoms with Crippen LogP contribution in [0.25, 0.3) is 0 Å². The number of carbonyl (C=O) groups is 2. The summed E-state index contributed by atoms with van der Waals surface area (Å²) < 4.78 is 0. The molecule has 0 saturated carbocycles. The van der Waals surface area contributed by atoms with Gasteiger partial charge in [0.2, 0.25) is 5.91 Å². The van der Waals surface area contributed by atoms with Gasteiger partial charge in [0.1, 0.15) is 0 Å². The van der Waals surface area contributed by atoms with Crippen molar-refractivity contribution in [1.82, 2.24) is 5.32 Å². The van der Waals surface area contributed by atoms with Crippen LogP contribution in [0.3, 0.4) is 0 Å². The molecule has 1 aromatic rings. The van der Waals surface area contributed by atoms with Gasteiger partial charge in [0.25, 0.3) is 5.91 Å². The molecule has 0 unspecified atom stereocenters. The van der Waals surface area contributed by atoms with Gasteiger partial charge in [0.05, 0.1) is 28.2 Å². The van der Waals surface area contributed by atoms with Gasteiger partial charge in [-0.15, -0.1) is 0 Å². The van der Waals surface area contributed by atoms with Crippen LogP contribution >= 0.6 is 23.2 Å². The van der Waals surface area contributed by atoms with Crippen molar-refractivity contribution in [2.45, 2.75) is 32.2 Å². The Labute approximate surface area is 128 Å². The number of carbonyl (C=O) groups excluding carboxylic acids is 2. The molecular formula is C14H16Cl2N2O2. The molecule has 108 valence electrons. The molecule has 20 heavy (non-hydrogen) atoms. The molecular weight excluding hydrogens is 299 g/mol. The Hall–Kier alpha value is -1.10. The monoisotopic (exact) mass is 314 g/mol. The van der Waals surface area contributed by atoms with E-state index in [0.29, 0.717) is 15.7 Å². The molecule has 1 fully saturated rings. The zero-order valence-electron chi connectivity index (χ0n) is 11.2. The van der Waals surface area contributed by atoms with Crippen LogP contribution in [0.5, 0.6) is 0 Å². The highest BCUT2D eigenvalue weighted by molar-refractivity contribution is 6.42. The van der Waals surface area contributed by atoms with E-state index in [1.54, 1.807) is 12.1 Å². The normalized spacial score (nSPS) is 18.9. The van der Waals surface area contributed by atoms with Crippen molar-refractivity contribution in [3.05, 3.63) is 28.2 Å². The Balaban J connectivity index is 2.14. The Bertz CT molecular complexity index is 534.